The lowest BCUT2D eigenvalue weighted by atomic mass is 10.2. The van der Waals surface area contributed by atoms with Gasteiger partial charge < -0.3 is 14.4 Å². The fourth-order valence-electron chi connectivity index (χ4n) is 1.61. The van der Waals surface area contributed by atoms with E-state index in [-0.39, 0.29) is 17.2 Å². The molecule has 1 aromatic heterocycles. The molecule has 0 fully saturated rings. The first-order valence-corrected chi connectivity index (χ1v) is 5.23. The Morgan fingerprint density at radius 2 is 2.17 bits per heavy atom. The van der Waals surface area contributed by atoms with Gasteiger partial charge in [-0.2, -0.15) is 0 Å². The Hall–Kier alpha value is -2.50. The number of hydrogen-bond acceptors (Lipinski definition) is 5. The zero-order chi connectivity index (χ0) is 13.3. The van der Waals surface area contributed by atoms with Gasteiger partial charge in [0.15, 0.2) is 0 Å². The van der Waals surface area contributed by atoms with Crippen molar-refractivity contribution in [1.82, 2.24) is 4.90 Å². The molecule has 0 atom stereocenters. The topological polar surface area (TPSA) is 79.8 Å². The maximum absolute atomic E-state index is 11.1. The van der Waals surface area contributed by atoms with Crippen molar-refractivity contribution < 1.29 is 14.4 Å². The van der Waals surface area contributed by atoms with E-state index in [1.54, 1.807) is 25.2 Å². The second-order valence-electron chi connectivity index (χ2n) is 4.03. The van der Waals surface area contributed by atoms with Crippen molar-refractivity contribution >= 4 is 22.7 Å². The lowest BCUT2D eigenvalue weighted by Crippen LogP contribution is -1.99. The predicted octanol–water partition coefficient (Wildman–Crippen LogP) is 2.58. The molecule has 0 saturated heterocycles. The third-order valence-corrected chi connectivity index (χ3v) is 2.38. The van der Waals surface area contributed by atoms with E-state index in [9.17, 15) is 15.2 Å². The SMILES string of the molecule is CN(C)/C=C/c1oc2ccc(O)cc2c1[N+](=O)[O-]. The number of rotatable bonds is 3. The van der Waals surface area contributed by atoms with Gasteiger partial charge in [-0.05, 0) is 18.2 Å². The number of phenols is 1. The molecule has 1 heterocycles. The van der Waals surface area contributed by atoms with Gasteiger partial charge in [-0.3, -0.25) is 10.1 Å². The first kappa shape index (κ1) is 12.0. The lowest BCUT2D eigenvalue weighted by Gasteiger charge is -2.01. The molecule has 94 valence electrons. The van der Waals surface area contributed by atoms with Gasteiger partial charge >= 0.3 is 5.69 Å². The molecule has 2 aromatic rings. The third-order valence-electron chi connectivity index (χ3n) is 2.38. The standard InChI is InChI=1S/C12H12N2O4/c1-13(2)6-5-11-12(14(16)17)9-7-8(15)3-4-10(9)18-11/h3-7,15H,1-2H3/b6-5+. The van der Waals surface area contributed by atoms with Gasteiger partial charge in [-0.15, -0.1) is 0 Å². The molecule has 6 nitrogen and oxygen atoms in total. The molecule has 0 saturated carbocycles. The van der Waals surface area contributed by atoms with Crippen molar-refractivity contribution in [3.8, 4) is 5.75 Å². The van der Waals surface area contributed by atoms with Crippen molar-refractivity contribution in [2.75, 3.05) is 14.1 Å². The van der Waals surface area contributed by atoms with Crippen LogP contribution in [0.2, 0.25) is 0 Å². The van der Waals surface area contributed by atoms with E-state index in [0.29, 0.717) is 11.0 Å². The molecule has 0 bridgehead atoms. The molecule has 0 aliphatic rings. The minimum atomic E-state index is -0.513. The Kier molecular flexibility index (Phi) is 2.93. The number of hydrogen-bond donors (Lipinski definition) is 1. The van der Waals surface area contributed by atoms with Crippen molar-refractivity contribution in [2.24, 2.45) is 0 Å². The van der Waals surface area contributed by atoms with E-state index in [2.05, 4.69) is 0 Å². The van der Waals surface area contributed by atoms with E-state index in [1.807, 2.05) is 0 Å². The lowest BCUT2D eigenvalue weighted by molar-refractivity contribution is -0.383. The van der Waals surface area contributed by atoms with E-state index < -0.39 is 4.92 Å². The summed E-state index contributed by atoms with van der Waals surface area (Å²) in [6, 6.07) is 4.25. The second kappa shape index (κ2) is 4.40. The average molecular weight is 248 g/mol. The quantitative estimate of drug-likeness (QED) is 0.667. The minimum Gasteiger partial charge on any atom is -0.508 e. The summed E-state index contributed by atoms with van der Waals surface area (Å²) in [6.45, 7) is 0. The molecule has 18 heavy (non-hydrogen) atoms. The molecule has 0 unspecified atom stereocenters. The van der Waals surface area contributed by atoms with E-state index in [4.69, 9.17) is 4.42 Å². The van der Waals surface area contributed by atoms with E-state index in [0.717, 1.165) is 0 Å². The summed E-state index contributed by atoms with van der Waals surface area (Å²) >= 11 is 0. The molecule has 1 aromatic carbocycles. The van der Waals surface area contributed by atoms with Crippen molar-refractivity contribution in [1.29, 1.82) is 0 Å². The van der Waals surface area contributed by atoms with Crippen LogP contribution in [0.25, 0.3) is 17.0 Å². The number of aromatic hydroxyl groups is 1. The zero-order valence-corrected chi connectivity index (χ0v) is 9.95. The Morgan fingerprint density at radius 3 is 2.78 bits per heavy atom. The summed E-state index contributed by atoms with van der Waals surface area (Å²) in [5, 5.41) is 20.7. The number of furan rings is 1. The third kappa shape index (κ3) is 2.13. The van der Waals surface area contributed by atoms with Crippen LogP contribution in [-0.2, 0) is 0 Å². The zero-order valence-electron chi connectivity index (χ0n) is 9.95. The highest BCUT2D eigenvalue weighted by molar-refractivity contribution is 5.92. The Labute approximate surface area is 103 Å². The fraction of sp³-hybridized carbons (Fsp3) is 0.167. The molecule has 2 rings (SSSR count). The van der Waals surface area contributed by atoms with Crippen molar-refractivity contribution in [3.63, 3.8) is 0 Å². The highest BCUT2D eigenvalue weighted by Gasteiger charge is 2.23. The summed E-state index contributed by atoms with van der Waals surface area (Å²) in [5.74, 6) is 0.129. The van der Waals surface area contributed by atoms with E-state index >= 15 is 0 Å². The molecule has 0 aliphatic heterocycles. The van der Waals surface area contributed by atoms with Gasteiger partial charge in [0.05, 0.1) is 4.92 Å². The number of benzene rings is 1. The molecule has 0 spiro atoms. The first-order chi connectivity index (χ1) is 8.49. The summed E-state index contributed by atoms with van der Waals surface area (Å²) in [6.07, 6.45) is 3.18. The highest BCUT2D eigenvalue weighted by Crippen LogP contribution is 2.35. The minimum absolute atomic E-state index is 0.0328. The van der Waals surface area contributed by atoms with Gasteiger partial charge in [-0.25, -0.2) is 0 Å². The molecule has 0 amide bonds. The van der Waals surface area contributed by atoms with Gasteiger partial charge in [-0.1, -0.05) is 0 Å². The van der Waals surface area contributed by atoms with Crippen LogP contribution in [0.5, 0.6) is 5.75 Å². The summed E-state index contributed by atoms with van der Waals surface area (Å²) in [7, 11) is 3.60. The van der Waals surface area contributed by atoms with E-state index in [1.165, 1.54) is 24.3 Å². The molecular weight excluding hydrogens is 236 g/mol. The predicted molar refractivity (Wildman–Crippen MR) is 67.3 cm³/mol. The number of phenolic OH excluding ortho intramolecular Hbond substituents is 1. The van der Waals surface area contributed by atoms with Crippen LogP contribution in [0.4, 0.5) is 5.69 Å². The Bertz CT molecular complexity index is 628. The normalized spacial score (nSPS) is 11.2. The first-order valence-electron chi connectivity index (χ1n) is 5.23. The van der Waals surface area contributed by atoms with Gasteiger partial charge in [0.1, 0.15) is 16.7 Å². The molecule has 6 heteroatoms. The average Bonchev–Trinajstić information content (AvgIpc) is 2.63. The number of nitro groups is 1. The van der Waals surface area contributed by atoms with Crippen LogP contribution in [0.15, 0.2) is 28.8 Å². The van der Waals surface area contributed by atoms with Gasteiger partial charge in [0.2, 0.25) is 5.76 Å². The monoisotopic (exact) mass is 248 g/mol. The fourth-order valence-corrected chi connectivity index (χ4v) is 1.61. The smallest absolute Gasteiger partial charge is 0.322 e. The number of nitrogens with zero attached hydrogens (tertiary/aromatic N) is 2. The molecule has 0 aliphatic carbocycles. The van der Waals surface area contributed by atoms with Crippen LogP contribution in [-0.4, -0.2) is 29.0 Å². The van der Waals surface area contributed by atoms with Crippen LogP contribution < -0.4 is 0 Å². The highest BCUT2D eigenvalue weighted by atomic mass is 16.6. The van der Waals surface area contributed by atoms with Gasteiger partial charge in [0.25, 0.3) is 0 Å². The molecule has 0 radical (unpaired) electrons. The second-order valence-corrected chi connectivity index (χ2v) is 4.03. The largest absolute Gasteiger partial charge is 0.508 e. The molecule has 1 N–H and O–H groups in total. The molecular formula is C12H12N2O4. The Balaban J connectivity index is 2.66. The van der Waals surface area contributed by atoms with Crippen LogP contribution >= 0.6 is 0 Å². The van der Waals surface area contributed by atoms with Gasteiger partial charge in [0, 0.05) is 26.4 Å². The van der Waals surface area contributed by atoms with Crippen molar-refractivity contribution in [3.05, 3.63) is 40.3 Å². The maximum Gasteiger partial charge on any atom is 0.322 e. The van der Waals surface area contributed by atoms with Crippen LogP contribution in [0, 0.1) is 10.1 Å². The summed E-state index contributed by atoms with van der Waals surface area (Å²) in [5.41, 5.74) is 0.233. The van der Waals surface area contributed by atoms with Crippen LogP contribution in [0.3, 0.4) is 0 Å². The Morgan fingerprint density at radius 1 is 1.44 bits per heavy atom. The maximum atomic E-state index is 11.1. The summed E-state index contributed by atoms with van der Waals surface area (Å²) in [4.78, 5) is 12.3. The number of fused-ring (bicyclic) bond motifs is 1. The van der Waals surface area contributed by atoms with Crippen LogP contribution in [0.1, 0.15) is 5.76 Å². The van der Waals surface area contributed by atoms with Crippen molar-refractivity contribution in [2.45, 2.75) is 0 Å². The summed E-state index contributed by atoms with van der Waals surface area (Å²) < 4.78 is 5.40.